The van der Waals surface area contributed by atoms with Crippen molar-refractivity contribution < 1.29 is 10.2 Å². The van der Waals surface area contributed by atoms with Crippen molar-refractivity contribution in [2.75, 3.05) is 5.32 Å². The van der Waals surface area contributed by atoms with Crippen LogP contribution in [0.5, 0.6) is 5.75 Å². The molecule has 0 spiro atoms. The maximum absolute atomic E-state index is 10.0. The molecule has 0 aliphatic carbocycles. The number of nitrogens with one attached hydrogen (secondary N) is 1. The quantitative estimate of drug-likeness (QED) is 0.808. The van der Waals surface area contributed by atoms with Crippen LogP contribution in [-0.4, -0.2) is 15.2 Å². The van der Waals surface area contributed by atoms with Gasteiger partial charge in [-0.1, -0.05) is 23.2 Å². The van der Waals surface area contributed by atoms with Crippen molar-refractivity contribution >= 4 is 28.9 Å². The number of aryl methyl sites for hydroxylation is 1. The molecule has 0 atom stereocenters. The zero-order chi connectivity index (χ0) is 14.7. The zero-order valence-electron chi connectivity index (χ0n) is 10.8. The smallest absolute Gasteiger partial charge is 0.142 e. The van der Waals surface area contributed by atoms with Gasteiger partial charge in [0.15, 0.2) is 0 Å². The Morgan fingerprint density at radius 1 is 1.30 bits per heavy atom. The molecule has 0 bridgehead atoms. The van der Waals surface area contributed by atoms with Crippen LogP contribution in [0.2, 0.25) is 10.0 Å². The molecule has 1 aromatic heterocycles. The van der Waals surface area contributed by atoms with E-state index in [0.29, 0.717) is 39.1 Å². The van der Waals surface area contributed by atoms with Gasteiger partial charge in [0.25, 0.3) is 0 Å². The maximum atomic E-state index is 10.0. The van der Waals surface area contributed by atoms with E-state index in [9.17, 15) is 10.2 Å². The number of nitrogens with zero attached hydrogens (tertiary/aromatic N) is 1. The largest absolute Gasteiger partial charge is 0.506 e. The summed E-state index contributed by atoms with van der Waals surface area (Å²) in [6.07, 6.45) is 1.55. The Balaban J connectivity index is 2.24. The highest BCUT2D eigenvalue weighted by Gasteiger charge is 2.11. The summed E-state index contributed by atoms with van der Waals surface area (Å²) in [4.78, 5) is 4.01. The average Bonchev–Trinajstić information content (AvgIpc) is 2.42. The van der Waals surface area contributed by atoms with Gasteiger partial charge in [-0.3, -0.25) is 4.98 Å². The molecule has 0 fully saturated rings. The molecule has 1 aromatic carbocycles. The SMILES string of the molecule is Cc1ncc(CO)c(CNc2ccc(Cl)cc2Cl)c1O. The zero-order valence-corrected chi connectivity index (χ0v) is 12.3. The minimum absolute atomic E-state index is 0.0779. The van der Waals surface area contributed by atoms with Gasteiger partial charge >= 0.3 is 0 Å². The van der Waals surface area contributed by atoms with E-state index >= 15 is 0 Å². The number of pyridine rings is 1. The Labute approximate surface area is 127 Å². The van der Waals surface area contributed by atoms with Crippen molar-refractivity contribution in [3.63, 3.8) is 0 Å². The number of benzene rings is 1. The van der Waals surface area contributed by atoms with E-state index < -0.39 is 0 Å². The number of hydrogen-bond donors (Lipinski definition) is 3. The highest BCUT2D eigenvalue weighted by Crippen LogP contribution is 2.28. The van der Waals surface area contributed by atoms with E-state index in [-0.39, 0.29) is 12.4 Å². The summed E-state index contributed by atoms with van der Waals surface area (Å²) < 4.78 is 0. The lowest BCUT2D eigenvalue weighted by Gasteiger charge is -2.14. The Morgan fingerprint density at radius 2 is 2.05 bits per heavy atom. The number of rotatable bonds is 4. The normalized spacial score (nSPS) is 10.6. The summed E-state index contributed by atoms with van der Waals surface area (Å²) in [6, 6.07) is 5.12. The van der Waals surface area contributed by atoms with Gasteiger partial charge in [0.1, 0.15) is 5.75 Å². The van der Waals surface area contributed by atoms with E-state index in [2.05, 4.69) is 10.3 Å². The van der Waals surface area contributed by atoms with Crippen LogP contribution >= 0.6 is 23.2 Å². The van der Waals surface area contributed by atoms with Gasteiger partial charge in [-0.2, -0.15) is 0 Å². The molecule has 20 heavy (non-hydrogen) atoms. The number of hydrogen-bond acceptors (Lipinski definition) is 4. The van der Waals surface area contributed by atoms with Gasteiger partial charge in [0.2, 0.25) is 0 Å². The third-order valence-corrected chi connectivity index (χ3v) is 3.54. The minimum Gasteiger partial charge on any atom is -0.506 e. The molecule has 0 radical (unpaired) electrons. The molecule has 0 saturated carbocycles. The number of aliphatic hydroxyl groups excluding tert-OH is 1. The molecule has 0 saturated heterocycles. The van der Waals surface area contributed by atoms with Crippen molar-refractivity contribution in [3.05, 3.63) is 51.3 Å². The third kappa shape index (κ3) is 3.15. The maximum Gasteiger partial charge on any atom is 0.142 e. The molecule has 0 aliphatic heterocycles. The molecule has 0 aliphatic rings. The monoisotopic (exact) mass is 312 g/mol. The fourth-order valence-electron chi connectivity index (χ4n) is 1.83. The van der Waals surface area contributed by atoms with E-state index in [0.717, 1.165) is 0 Å². The van der Waals surface area contributed by atoms with Gasteiger partial charge < -0.3 is 15.5 Å². The van der Waals surface area contributed by atoms with Crippen molar-refractivity contribution in [1.82, 2.24) is 4.98 Å². The van der Waals surface area contributed by atoms with Gasteiger partial charge in [0.05, 0.1) is 23.0 Å². The van der Waals surface area contributed by atoms with Crippen LogP contribution < -0.4 is 5.32 Å². The Morgan fingerprint density at radius 3 is 2.70 bits per heavy atom. The Bertz CT molecular complexity index is 633. The highest BCUT2D eigenvalue weighted by atomic mass is 35.5. The average molecular weight is 313 g/mol. The molecule has 1 heterocycles. The van der Waals surface area contributed by atoms with Crippen molar-refractivity contribution in [1.29, 1.82) is 0 Å². The molecule has 4 nitrogen and oxygen atoms in total. The Kier molecular flexibility index (Phi) is 4.70. The fourth-order valence-corrected chi connectivity index (χ4v) is 2.31. The summed E-state index contributed by atoms with van der Waals surface area (Å²) in [6.45, 7) is 1.84. The van der Waals surface area contributed by atoms with Crippen molar-refractivity contribution in [2.24, 2.45) is 0 Å². The highest BCUT2D eigenvalue weighted by molar-refractivity contribution is 6.36. The lowest BCUT2D eigenvalue weighted by Crippen LogP contribution is -2.06. The van der Waals surface area contributed by atoms with Gasteiger partial charge in [0, 0.05) is 28.9 Å². The van der Waals surface area contributed by atoms with Crippen LogP contribution in [0.4, 0.5) is 5.69 Å². The van der Waals surface area contributed by atoms with Crippen LogP contribution in [0.25, 0.3) is 0 Å². The summed E-state index contributed by atoms with van der Waals surface area (Å²) in [5.74, 6) is 0.0779. The van der Waals surface area contributed by atoms with Crippen LogP contribution in [-0.2, 0) is 13.2 Å². The van der Waals surface area contributed by atoms with E-state index in [1.165, 1.54) is 0 Å². The topological polar surface area (TPSA) is 65.4 Å². The first kappa shape index (κ1) is 14.9. The molecule has 3 N–H and O–H groups in total. The van der Waals surface area contributed by atoms with Crippen LogP contribution in [0.1, 0.15) is 16.8 Å². The van der Waals surface area contributed by atoms with Crippen LogP contribution in [0.15, 0.2) is 24.4 Å². The van der Waals surface area contributed by atoms with Gasteiger partial charge in [-0.25, -0.2) is 0 Å². The fraction of sp³-hybridized carbons (Fsp3) is 0.214. The summed E-state index contributed by atoms with van der Waals surface area (Å²) in [5.41, 5.74) is 2.40. The molecule has 0 amide bonds. The van der Waals surface area contributed by atoms with Crippen molar-refractivity contribution in [3.8, 4) is 5.75 Å². The molecule has 106 valence electrons. The first-order valence-electron chi connectivity index (χ1n) is 5.99. The lowest BCUT2D eigenvalue weighted by atomic mass is 10.1. The second-order valence-electron chi connectivity index (χ2n) is 4.33. The number of anilines is 1. The van der Waals surface area contributed by atoms with E-state index in [4.69, 9.17) is 23.2 Å². The van der Waals surface area contributed by atoms with Gasteiger partial charge in [-0.15, -0.1) is 0 Å². The number of aliphatic hydroxyl groups is 1. The van der Waals surface area contributed by atoms with Crippen molar-refractivity contribution in [2.45, 2.75) is 20.1 Å². The standard InChI is InChI=1S/C14H14Cl2N2O2/c1-8-14(20)11(9(7-19)5-17-8)6-18-13-3-2-10(15)4-12(13)16/h2-5,18-20H,6-7H2,1H3. The van der Waals surface area contributed by atoms with Gasteiger partial charge in [-0.05, 0) is 25.1 Å². The molecular formula is C14H14Cl2N2O2. The van der Waals surface area contributed by atoms with E-state index in [1.807, 2.05) is 0 Å². The summed E-state index contributed by atoms with van der Waals surface area (Å²) in [7, 11) is 0. The van der Waals surface area contributed by atoms with Crippen LogP contribution in [0, 0.1) is 6.92 Å². The van der Waals surface area contributed by atoms with Crippen LogP contribution in [0.3, 0.4) is 0 Å². The lowest BCUT2D eigenvalue weighted by molar-refractivity contribution is 0.279. The second-order valence-corrected chi connectivity index (χ2v) is 5.18. The molecule has 6 heteroatoms. The number of aromatic hydroxyl groups is 1. The predicted octanol–water partition coefficient (Wildman–Crippen LogP) is 3.51. The Hall–Kier alpha value is -1.49. The molecule has 0 unspecified atom stereocenters. The second kappa shape index (κ2) is 6.31. The molecule has 2 rings (SSSR count). The first-order valence-corrected chi connectivity index (χ1v) is 6.74. The number of aromatic nitrogens is 1. The first-order chi connectivity index (χ1) is 9.52. The predicted molar refractivity (Wildman–Crippen MR) is 80.4 cm³/mol. The van der Waals surface area contributed by atoms with E-state index in [1.54, 1.807) is 31.3 Å². The molecular weight excluding hydrogens is 299 g/mol. The third-order valence-electron chi connectivity index (χ3n) is 2.99. The molecule has 2 aromatic rings. The summed E-state index contributed by atoms with van der Waals surface area (Å²) >= 11 is 11.9. The minimum atomic E-state index is -0.188. The number of halogens is 2. The summed E-state index contributed by atoms with van der Waals surface area (Å²) in [5, 5.41) is 23.5.